The first kappa shape index (κ1) is 47.5. The van der Waals surface area contributed by atoms with E-state index >= 15 is 13.2 Å². The number of hydrogen-bond donors (Lipinski definition) is 0. The summed E-state index contributed by atoms with van der Waals surface area (Å²) in [6.45, 7) is 0. The summed E-state index contributed by atoms with van der Waals surface area (Å²) in [6.07, 6.45) is -4.98. The highest BCUT2D eigenvalue weighted by molar-refractivity contribution is 6.12. The van der Waals surface area contributed by atoms with Crippen molar-refractivity contribution >= 4 is 43.6 Å². The van der Waals surface area contributed by atoms with Crippen molar-refractivity contribution in [3.05, 3.63) is 254 Å². The fraction of sp³-hybridized carbons (Fsp3) is 0.0147. The number of aromatic nitrogens is 8. The number of nitrogens with zero attached hydrogens (tertiary/aromatic N) is 9. The number of hydrogen-bond acceptors (Lipinski definition) is 7. The highest BCUT2D eigenvalue weighted by Gasteiger charge is 2.40. The molecule has 0 bridgehead atoms. The number of para-hydroxylation sites is 2. The molecule has 0 aliphatic heterocycles. The van der Waals surface area contributed by atoms with Crippen molar-refractivity contribution in [2.24, 2.45) is 0 Å². The van der Waals surface area contributed by atoms with Crippen LogP contribution in [0.3, 0.4) is 0 Å². The molecule has 4 aromatic heterocycles. The van der Waals surface area contributed by atoms with Crippen LogP contribution in [0.5, 0.6) is 0 Å². The first-order chi connectivity index (χ1) is 39.3. The molecule has 4 heterocycles. The molecule has 12 heteroatoms. The molecule has 0 fully saturated rings. The van der Waals surface area contributed by atoms with Gasteiger partial charge >= 0.3 is 6.18 Å². The minimum atomic E-state index is -4.98. The van der Waals surface area contributed by atoms with E-state index in [2.05, 4.69) is 6.07 Å². The van der Waals surface area contributed by atoms with Crippen molar-refractivity contribution in [2.45, 2.75) is 6.18 Å². The molecule has 0 aliphatic rings. The van der Waals surface area contributed by atoms with E-state index in [0.717, 1.165) is 38.4 Å². The summed E-state index contributed by atoms with van der Waals surface area (Å²) in [7, 11) is 0. The number of rotatable bonds is 9. The number of benzene rings is 10. The first-order valence-electron chi connectivity index (χ1n) is 25.8. The predicted molar refractivity (Wildman–Crippen MR) is 310 cm³/mol. The minimum Gasteiger partial charge on any atom is -0.309 e. The average Bonchev–Trinajstić information content (AvgIpc) is 4.24. The second-order valence-electron chi connectivity index (χ2n) is 19.3. The molecule has 10 aromatic carbocycles. The molecular weight excluding hydrogens is 1000 g/mol. The van der Waals surface area contributed by atoms with Crippen molar-refractivity contribution in [1.82, 2.24) is 39.0 Å². The average molecular weight is 1040 g/mol. The van der Waals surface area contributed by atoms with Crippen molar-refractivity contribution < 1.29 is 13.2 Å². The third-order valence-electron chi connectivity index (χ3n) is 14.5. The van der Waals surface area contributed by atoms with Crippen LogP contribution in [0.15, 0.2) is 243 Å². The second kappa shape index (κ2) is 19.3. The van der Waals surface area contributed by atoms with Crippen LogP contribution < -0.4 is 0 Å². The lowest BCUT2D eigenvalue weighted by atomic mass is 9.96. The third kappa shape index (κ3) is 8.29. The van der Waals surface area contributed by atoms with Gasteiger partial charge in [0.2, 0.25) is 0 Å². The van der Waals surface area contributed by atoms with Crippen LogP contribution in [0.2, 0.25) is 0 Å². The summed E-state index contributed by atoms with van der Waals surface area (Å²) >= 11 is 0. The Bertz CT molecular complexity index is 4650. The van der Waals surface area contributed by atoms with E-state index in [1.54, 1.807) is 45.5 Å². The van der Waals surface area contributed by atoms with Gasteiger partial charge in [0.25, 0.3) is 0 Å². The van der Waals surface area contributed by atoms with Gasteiger partial charge in [0.05, 0.1) is 45.1 Å². The van der Waals surface area contributed by atoms with Gasteiger partial charge in [-0.2, -0.15) is 18.4 Å². The van der Waals surface area contributed by atoms with Gasteiger partial charge in [-0.25, -0.2) is 29.9 Å². The molecule has 9 nitrogen and oxygen atoms in total. The van der Waals surface area contributed by atoms with Crippen LogP contribution in [0.1, 0.15) is 11.1 Å². The van der Waals surface area contributed by atoms with Crippen molar-refractivity contribution in [1.29, 1.82) is 5.26 Å². The van der Waals surface area contributed by atoms with Gasteiger partial charge in [-0.15, -0.1) is 0 Å². The zero-order valence-corrected chi connectivity index (χ0v) is 42.3. The quantitative estimate of drug-likeness (QED) is 0.142. The summed E-state index contributed by atoms with van der Waals surface area (Å²) in [5.74, 6) is 2.49. The van der Waals surface area contributed by atoms with E-state index in [1.165, 1.54) is 0 Å². The monoisotopic (exact) mass is 1040 g/mol. The number of halogens is 3. The zero-order chi connectivity index (χ0) is 53.9. The second-order valence-corrected chi connectivity index (χ2v) is 19.3. The molecule has 0 N–H and O–H groups in total. The van der Waals surface area contributed by atoms with Gasteiger partial charge in [0.1, 0.15) is 5.56 Å². The van der Waals surface area contributed by atoms with E-state index in [-0.39, 0.29) is 16.9 Å². The largest absolute Gasteiger partial charge is 0.420 e. The van der Waals surface area contributed by atoms with E-state index in [4.69, 9.17) is 29.9 Å². The lowest BCUT2D eigenvalue weighted by molar-refractivity contribution is -0.137. The fourth-order valence-electron chi connectivity index (χ4n) is 10.9. The summed E-state index contributed by atoms with van der Waals surface area (Å²) in [4.78, 5) is 29.8. The Hall–Kier alpha value is -10.9. The van der Waals surface area contributed by atoms with Gasteiger partial charge in [0.15, 0.2) is 34.9 Å². The fourth-order valence-corrected chi connectivity index (χ4v) is 10.9. The molecule has 14 aromatic rings. The van der Waals surface area contributed by atoms with Crippen LogP contribution in [0.4, 0.5) is 13.2 Å². The van der Waals surface area contributed by atoms with Gasteiger partial charge in [0, 0.05) is 60.5 Å². The molecular formula is C68H40F3N9. The standard InChI is InChI=1S/C68H40F3N9/c69-68(70,71)60-57(79-55-30-15-13-28-51(55)53-34-32-48(39-58(53)79)66-75-62(43-19-5-1-6-20-43)73-63(76-66)44-21-7-2-8-22-44)37-36-50(47-27-17-18-42(38-47)41-72)61(60)80-56-31-16-14-29-52(56)54-35-33-49(40-59(54)80)67-77-64(45-23-9-3-10-24-45)74-65(78-67)46-25-11-4-12-26-46/h1-40H. The molecule has 0 saturated heterocycles. The molecule has 378 valence electrons. The summed E-state index contributed by atoms with van der Waals surface area (Å²) in [6, 6.07) is 77.0. The van der Waals surface area contributed by atoms with Crippen LogP contribution in [-0.4, -0.2) is 39.0 Å². The zero-order valence-electron chi connectivity index (χ0n) is 42.3. The Kier molecular flexibility index (Phi) is 11.5. The normalized spacial score (nSPS) is 11.7. The van der Waals surface area contributed by atoms with Crippen molar-refractivity contribution in [3.8, 4) is 96.9 Å². The maximum Gasteiger partial charge on any atom is 0.420 e. The lowest BCUT2D eigenvalue weighted by Crippen LogP contribution is -2.17. The topological polar surface area (TPSA) is 111 Å². The Morgan fingerprint density at radius 3 is 1.14 bits per heavy atom. The minimum absolute atomic E-state index is 0.110. The van der Waals surface area contributed by atoms with E-state index in [1.807, 2.05) is 206 Å². The van der Waals surface area contributed by atoms with Crippen molar-refractivity contribution in [3.63, 3.8) is 0 Å². The summed E-state index contributed by atoms with van der Waals surface area (Å²) < 4.78 is 55.4. The maximum atomic E-state index is 17.3. The number of alkyl halides is 3. The lowest BCUT2D eigenvalue weighted by Gasteiger charge is -2.24. The maximum absolute atomic E-state index is 17.3. The molecule has 0 atom stereocenters. The molecule has 0 amide bonds. The Morgan fingerprint density at radius 2 is 0.700 bits per heavy atom. The van der Waals surface area contributed by atoms with Crippen LogP contribution >= 0.6 is 0 Å². The Morgan fingerprint density at radius 1 is 0.325 bits per heavy atom. The molecule has 0 aliphatic carbocycles. The molecule has 0 saturated carbocycles. The predicted octanol–water partition coefficient (Wildman–Crippen LogP) is 16.8. The van der Waals surface area contributed by atoms with Gasteiger partial charge < -0.3 is 9.13 Å². The molecule has 80 heavy (non-hydrogen) atoms. The summed E-state index contributed by atoms with van der Waals surface area (Å²) in [5, 5.41) is 13.1. The number of fused-ring (bicyclic) bond motifs is 6. The van der Waals surface area contributed by atoms with Gasteiger partial charge in [-0.1, -0.05) is 200 Å². The Balaban J connectivity index is 1.06. The molecule has 0 unspecified atom stereocenters. The highest BCUT2D eigenvalue weighted by atomic mass is 19.4. The van der Waals surface area contributed by atoms with Crippen LogP contribution in [0, 0.1) is 11.3 Å². The van der Waals surface area contributed by atoms with Gasteiger partial charge in [-0.3, -0.25) is 0 Å². The molecule has 14 rings (SSSR count). The number of nitriles is 1. The van der Waals surface area contributed by atoms with Crippen LogP contribution in [-0.2, 0) is 6.18 Å². The van der Waals surface area contributed by atoms with E-state index < -0.39 is 11.7 Å². The third-order valence-corrected chi connectivity index (χ3v) is 14.5. The van der Waals surface area contributed by atoms with E-state index in [0.29, 0.717) is 84.7 Å². The van der Waals surface area contributed by atoms with E-state index in [9.17, 15) is 5.26 Å². The SMILES string of the molecule is N#Cc1cccc(-c2ccc(-n3c4ccccc4c4ccc(-c5nc(-c6ccccc6)nc(-c6ccccc6)n5)cc43)c(C(F)(F)F)c2-n2c3ccccc3c3ccc(-c4nc(-c5ccccc5)nc(-c5ccccc5)n4)cc32)c1. The summed E-state index contributed by atoms with van der Waals surface area (Å²) in [5.41, 5.74) is 6.20. The first-order valence-corrected chi connectivity index (χ1v) is 25.8. The van der Waals surface area contributed by atoms with Crippen molar-refractivity contribution in [2.75, 3.05) is 0 Å². The highest BCUT2D eigenvalue weighted by Crippen LogP contribution is 2.48. The van der Waals surface area contributed by atoms with Crippen LogP contribution in [0.25, 0.3) is 134 Å². The smallest absolute Gasteiger partial charge is 0.309 e. The molecule has 0 radical (unpaired) electrons. The van der Waals surface area contributed by atoms with Gasteiger partial charge in [-0.05, 0) is 48.0 Å². The Labute approximate surface area is 455 Å². The molecule has 0 spiro atoms.